The van der Waals surface area contributed by atoms with Crippen LogP contribution in [0, 0.1) is 0 Å². The van der Waals surface area contributed by atoms with E-state index in [4.69, 9.17) is 17.3 Å². The molecule has 0 atom stereocenters. The van der Waals surface area contributed by atoms with Crippen molar-refractivity contribution in [2.24, 2.45) is 5.73 Å². The number of primary amides is 1. The van der Waals surface area contributed by atoms with Crippen molar-refractivity contribution in [1.29, 1.82) is 0 Å². The van der Waals surface area contributed by atoms with Crippen molar-refractivity contribution in [1.82, 2.24) is 4.72 Å². The summed E-state index contributed by atoms with van der Waals surface area (Å²) in [5.74, 6) is -0.742. The fraction of sp³-hybridized carbons (Fsp3) is 0.100. The van der Waals surface area contributed by atoms with Gasteiger partial charge in [-0.05, 0) is 23.8 Å². The van der Waals surface area contributed by atoms with Crippen LogP contribution < -0.4 is 10.5 Å². The molecule has 92 valence electrons. The maximum atomic E-state index is 11.3. The first kappa shape index (κ1) is 13.7. The summed E-state index contributed by atoms with van der Waals surface area (Å²) in [6.45, 7) is -0.423. The van der Waals surface area contributed by atoms with E-state index >= 15 is 0 Å². The molecular formula is C10H11ClN2O3S. The lowest BCUT2D eigenvalue weighted by Crippen LogP contribution is -2.32. The lowest BCUT2D eigenvalue weighted by molar-refractivity contribution is -0.116. The van der Waals surface area contributed by atoms with E-state index in [0.29, 0.717) is 10.6 Å². The van der Waals surface area contributed by atoms with Crippen LogP contribution in [-0.4, -0.2) is 20.9 Å². The van der Waals surface area contributed by atoms with Gasteiger partial charge in [-0.3, -0.25) is 4.79 Å². The van der Waals surface area contributed by atoms with E-state index in [1.54, 1.807) is 24.3 Å². The van der Waals surface area contributed by atoms with Crippen LogP contribution in [0.3, 0.4) is 0 Å². The van der Waals surface area contributed by atoms with Crippen LogP contribution in [0.1, 0.15) is 5.56 Å². The molecule has 3 N–H and O–H groups in total. The highest BCUT2D eigenvalue weighted by atomic mass is 35.5. The molecule has 5 nitrogen and oxygen atoms in total. The summed E-state index contributed by atoms with van der Waals surface area (Å²) >= 11 is 5.68. The van der Waals surface area contributed by atoms with Crippen LogP contribution in [0.15, 0.2) is 29.7 Å². The third-order valence-electron chi connectivity index (χ3n) is 1.76. The van der Waals surface area contributed by atoms with E-state index in [1.165, 1.54) is 6.08 Å². The minimum absolute atomic E-state index is 0.423. The van der Waals surface area contributed by atoms with Gasteiger partial charge in [-0.1, -0.05) is 23.7 Å². The molecule has 0 unspecified atom stereocenters. The van der Waals surface area contributed by atoms with E-state index in [2.05, 4.69) is 0 Å². The largest absolute Gasteiger partial charge is 0.369 e. The highest BCUT2D eigenvalue weighted by molar-refractivity contribution is 7.92. The molecule has 0 bridgehead atoms. The van der Waals surface area contributed by atoms with Gasteiger partial charge in [0.2, 0.25) is 15.9 Å². The Balaban J connectivity index is 2.70. The molecule has 0 saturated heterocycles. The van der Waals surface area contributed by atoms with Crippen molar-refractivity contribution in [3.8, 4) is 0 Å². The Hall–Kier alpha value is -1.37. The molecule has 7 heteroatoms. The van der Waals surface area contributed by atoms with Crippen molar-refractivity contribution in [2.75, 3.05) is 6.54 Å². The van der Waals surface area contributed by atoms with Crippen LogP contribution in [0.2, 0.25) is 5.02 Å². The third kappa shape index (κ3) is 5.48. The lowest BCUT2D eigenvalue weighted by Gasteiger charge is -1.99. The topological polar surface area (TPSA) is 89.3 Å². The minimum atomic E-state index is -3.65. The first-order valence-electron chi connectivity index (χ1n) is 4.61. The van der Waals surface area contributed by atoms with Crippen LogP contribution in [0.4, 0.5) is 0 Å². The smallest absolute Gasteiger partial charge is 0.234 e. The number of amides is 1. The van der Waals surface area contributed by atoms with E-state index in [0.717, 1.165) is 5.41 Å². The number of hydrogen-bond acceptors (Lipinski definition) is 3. The van der Waals surface area contributed by atoms with Gasteiger partial charge in [0, 0.05) is 10.4 Å². The van der Waals surface area contributed by atoms with E-state index in [-0.39, 0.29) is 0 Å². The fourth-order valence-corrected chi connectivity index (χ4v) is 1.86. The molecule has 0 aliphatic rings. The van der Waals surface area contributed by atoms with Gasteiger partial charge in [-0.15, -0.1) is 0 Å². The summed E-state index contributed by atoms with van der Waals surface area (Å²) in [5.41, 5.74) is 5.50. The first-order chi connectivity index (χ1) is 7.89. The quantitative estimate of drug-likeness (QED) is 0.829. The number of carbonyl (C=O) groups excluding carboxylic acids is 1. The minimum Gasteiger partial charge on any atom is -0.369 e. The predicted molar refractivity (Wildman–Crippen MR) is 66.6 cm³/mol. The highest BCUT2D eigenvalue weighted by Gasteiger charge is 2.05. The molecule has 1 amide bonds. The zero-order valence-corrected chi connectivity index (χ0v) is 10.3. The SMILES string of the molecule is NC(=O)CNS(=O)(=O)/C=C/c1ccc(Cl)cc1. The van der Waals surface area contributed by atoms with Crippen LogP contribution >= 0.6 is 11.6 Å². The summed E-state index contributed by atoms with van der Waals surface area (Å²) in [6, 6.07) is 6.63. The van der Waals surface area contributed by atoms with Gasteiger partial charge < -0.3 is 5.73 Å². The molecule has 1 aromatic carbocycles. The third-order valence-corrected chi connectivity index (χ3v) is 3.05. The summed E-state index contributed by atoms with van der Waals surface area (Å²) < 4.78 is 24.7. The van der Waals surface area contributed by atoms with Crippen molar-refractivity contribution in [3.05, 3.63) is 40.3 Å². The van der Waals surface area contributed by atoms with E-state index in [9.17, 15) is 13.2 Å². The van der Waals surface area contributed by atoms with Gasteiger partial charge >= 0.3 is 0 Å². The number of nitrogens with two attached hydrogens (primary N) is 1. The van der Waals surface area contributed by atoms with Crippen molar-refractivity contribution < 1.29 is 13.2 Å². The number of carbonyl (C=O) groups is 1. The van der Waals surface area contributed by atoms with Crippen LogP contribution in [0.5, 0.6) is 0 Å². The van der Waals surface area contributed by atoms with E-state index in [1.807, 2.05) is 4.72 Å². The van der Waals surface area contributed by atoms with Gasteiger partial charge in [-0.2, -0.15) is 0 Å². The number of sulfonamides is 1. The summed E-state index contributed by atoms with van der Waals surface area (Å²) in [5, 5.41) is 1.52. The molecule has 0 aliphatic heterocycles. The van der Waals surface area contributed by atoms with Gasteiger partial charge in [-0.25, -0.2) is 13.1 Å². The Bertz CT molecular complexity index is 523. The lowest BCUT2D eigenvalue weighted by atomic mass is 10.2. The number of halogens is 1. The Kier molecular flexibility index (Phi) is 4.68. The number of benzene rings is 1. The number of hydrogen-bond donors (Lipinski definition) is 2. The molecule has 0 radical (unpaired) electrons. The van der Waals surface area contributed by atoms with E-state index < -0.39 is 22.5 Å². The predicted octanol–water partition coefficient (Wildman–Crippen LogP) is 0.715. The summed E-state index contributed by atoms with van der Waals surface area (Å²) in [6.07, 6.45) is 1.39. The first-order valence-corrected chi connectivity index (χ1v) is 6.53. The zero-order chi connectivity index (χ0) is 12.9. The number of nitrogens with one attached hydrogen (secondary N) is 1. The average Bonchev–Trinajstić information content (AvgIpc) is 2.26. The standard InChI is InChI=1S/C10H11ClN2O3S/c11-9-3-1-8(2-4-9)5-6-17(15,16)13-7-10(12)14/h1-6,13H,7H2,(H2,12,14)/b6-5+. The average molecular weight is 275 g/mol. The molecule has 1 aromatic rings. The molecular weight excluding hydrogens is 264 g/mol. The van der Waals surface area contributed by atoms with Gasteiger partial charge in [0.25, 0.3) is 0 Å². The second-order valence-corrected chi connectivity index (χ2v) is 5.27. The fourth-order valence-electron chi connectivity index (χ4n) is 0.962. The molecule has 1 rings (SSSR count). The highest BCUT2D eigenvalue weighted by Crippen LogP contribution is 2.10. The summed E-state index contributed by atoms with van der Waals surface area (Å²) in [7, 11) is -3.65. The molecule has 0 heterocycles. The van der Waals surface area contributed by atoms with Crippen molar-refractivity contribution in [2.45, 2.75) is 0 Å². The Morgan fingerprint density at radius 3 is 2.47 bits per heavy atom. The molecule has 0 fully saturated rings. The van der Waals surface area contributed by atoms with Crippen molar-refractivity contribution >= 4 is 33.6 Å². The molecule has 0 spiro atoms. The Morgan fingerprint density at radius 2 is 1.94 bits per heavy atom. The number of rotatable bonds is 5. The summed E-state index contributed by atoms with van der Waals surface area (Å²) in [4.78, 5) is 10.4. The molecule has 0 aromatic heterocycles. The maximum absolute atomic E-state index is 11.3. The molecule has 17 heavy (non-hydrogen) atoms. The Morgan fingerprint density at radius 1 is 1.35 bits per heavy atom. The van der Waals surface area contributed by atoms with Gasteiger partial charge in [0.05, 0.1) is 6.54 Å². The second-order valence-electron chi connectivity index (χ2n) is 3.19. The maximum Gasteiger partial charge on any atom is 0.234 e. The zero-order valence-electron chi connectivity index (χ0n) is 8.76. The van der Waals surface area contributed by atoms with Gasteiger partial charge in [0.1, 0.15) is 0 Å². The molecule has 0 aliphatic carbocycles. The molecule has 0 saturated carbocycles. The monoisotopic (exact) mass is 274 g/mol. The van der Waals surface area contributed by atoms with Crippen LogP contribution in [0.25, 0.3) is 6.08 Å². The Labute approximate surface area is 104 Å². The van der Waals surface area contributed by atoms with Gasteiger partial charge in [0.15, 0.2) is 0 Å². The van der Waals surface area contributed by atoms with Crippen molar-refractivity contribution in [3.63, 3.8) is 0 Å². The second kappa shape index (κ2) is 5.81. The normalized spacial score (nSPS) is 11.8. The van der Waals surface area contributed by atoms with Crippen LogP contribution in [-0.2, 0) is 14.8 Å².